The first kappa shape index (κ1) is 11.6. The molecule has 4 nitrogen and oxygen atoms in total. The second kappa shape index (κ2) is 4.16. The van der Waals surface area contributed by atoms with Crippen LogP contribution in [-0.2, 0) is 16.6 Å². The van der Waals surface area contributed by atoms with Crippen LogP contribution in [0.3, 0.4) is 0 Å². The van der Waals surface area contributed by atoms with Gasteiger partial charge in [-0.1, -0.05) is 12.1 Å². The number of rotatable bonds is 4. The van der Waals surface area contributed by atoms with Crippen molar-refractivity contribution in [3.8, 4) is 0 Å². The molecule has 0 bridgehead atoms. The van der Waals surface area contributed by atoms with Crippen LogP contribution in [0, 0.1) is 6.92 Å². The summed E-state index contributed by atoms with van der Waals surface area (Å²) in [6.45, 7) is 2.45. The summed E-state index contributed by atoms with van der Waals surface area (Å²) in [4.78, 5) is 0.225. The smallest absolute Gasteiger partial charge is 0.238 e. The summed E-state index contributed by atoms with van der Waals surface area (Å²) in [5.74, 6) is 0. The fourth-order valence-electron chi connectivity index (χ4n) is 1.61. The summed E-state index contributed by atoms with van der Waals surface area (Å²) in [5.41, 5.74) is 1.65. The van der Waals surface area contributed by atoms with Crippen LogP contribution in [0.1, 0.15) is 24.0 Å². The van der Waals surface area contributed by atoms with Crippen molar-refractivity contribution >= 4 is 10.0 Å². The number of nitrogens with two attached hydrogens (primary N) is 1. The molecule has 5 heteroatoms. The minimum atomic E-state index is -3.61. The molecule has 0 atom stereocenters. The van der Waals surface area contributed by atoms with Crippen LogP contribution in [0.4, 0.5) is 0 Å². The third-order valence-corrected chi connectivity index (χ3v) is 3.78. The van der Waals surface area contributed by atoms with E-state index >= 15 is 0 Å². The largest absolute Gasteiger partial charge is 0.310 e. The van der Waals surface area contributed by atoms with E-state index in [4.69, 9.17) is 5.14 Å². The van der Waals surface area contributed by atoms with Crippen LogP contribution in [0.2, 0.25) is 0 Å². The Bertz CT molecular complexity index is 493. The Labute approximate surface area is 95.9 Å². The summed E-state index contributed by atoms with van der Waals surface area (Å²) in [6, 6.07) is 5.99. The molecule has 0 saturated heterocycles. The number of hydrogen-bond donors (Lipinski definition) is 2. The maximum Gasteiger partial charge on any atom is 0.238 e. The van der Waals surface area contributed by atoms with Gasteiger partial charge in [0.2, 0.25) is 10.0 Å². The van der Waals surface area contributed by atoms with Crippen molar-refractivity contribution in [3.63, 3.8) is 0 Å². The highest BCUT2D eigenvalue weighted by Crippen LogP contribution is 2.20. The highest BCUT2D eigenvalue weighted by molar-refractivity contribution is 7.89. The molecular formula is C11H16N2O2S. The lowest BCUT2D eigenvalue weighted by molar-refractivity contribution is 0.596. The molecule has 1 aromatic rings. The summed E-state index contributed by atoms with van der Waals surface area (Å²) in [6.07, 6.45) is 2.43. The normalized spacial score (nSPS) is 16.4. The van der Waals surface area contributed by atoms with E-state index in [2.05, 4.69) is 5.32 Å². The molecule has 1 aromatic carbocycles. The quantitative estimate of drug-likeness (QED) is 0.821. The third kappa shape index (κ3) is 2.81. The van der Waals surface area contributed by atoms with Gasteiger partial charge in [-0.25, -0.2) is 13.6 Å². The minimum Gasteiger partial charge on any atom is -0.310 e. The Balaban J connectivity index is 2.20. The van der Waals surface area contributed by atoms with Gasteiger partial charge >= 0.3 is 0 Å². The van der Waals surface area contributed by atoms with Gasteiger partial charge in [0.05, 0.1) is 4.90 Å². The van der Waals surface area contributed by atoms with Gasteiger partial charge < -0.3 is 5.32 Å². The van der Waals surface area contributed by atoms with E-state index < -0.39 is 10.0 Å². The molecule has 1 aliphatic carbocycles. The van der Waals surface area contributed by atoms with Gasteiger partial charge in [0.25, 0.3) is 0 Å². The molecule has 1 fully saturated rings. The van der Waals surface area contributed by atoms with E-state index in [9.17, 15) is 8.42 Å². The Morgan fingerprint density at radius 1 is 1.44 bits per heavy atom. The lowest BCUT2D eigenvalue weighted by atomic mass is 10.1. The van der Waals surface area contributed by atoms with Crippen molar-refractivity contribution in [1.82, 2.24) is 5.32 Å². The molecule has 3 N–H and O–H groups in total. The summed E-state index contributed by atoms with van der Waals surface area (Å²) < 4.78 is 22.6. The molecule has 1 aliphatic rings. The van der Waals surface area contributed by atoms with Gasteiger partial charge in [0, 0.05) is 12.6 Å². The standard InChI is InChI=1S/C11H16N2O2S/c1-8-2-3-9(7-13-10-4-5-10)6-11(8)16(12,14)15/h2-3,6,10,13H,4-5,7H2,1H3,(H2,12,14,15). The van der Waals surface area contributed by atoms with Crippen molar-refractivity contribution in [1.29, 1.82) is 0 Å². The zero-order chi connectivity index (χ0) is 11.8. The van der Waals surface area contributed by atoms with Crippen molar-refractivity contribution in [2.45, 2.75) is 37.2 Å². The average Bonchev–Trinajstić information content (AvgIpc) is 2.98. The summed E-state index contributed by atoms with van der Waals surface area (Å²) in [5, 5.41) is 8.48. The van der Waals surface area contributed by atoms with Crippen LogP contribution >= 0.6 is 0 Å². The Kier molecular flexibility index (Phi) is 3.01. The van der Waals surface area contributed by atoms with Gasteiger partial charge in [-0.2, -0.15) is 0 Å². The second-order valence-corrected chi connectivity index (χ2v) is 5.83. The maximum absolute atomic E-state index is 11.3. The van der Waals surface area contributed by atoms with E-state index in [1.807, 2.05) is 6.07 Å². The molecule has 0 heterocycles. The fraction of sp³-hybridized carbons (Fsp3) is 0.455. The SMILES string of the molecule is Cc1ccc(CNC2CC2)cc1S(N)(=O)=O. The molecule has 16 heavy (non-hydrogen) atoms. The number of sulfonamides is 1. The molecule has 0 radical (unpaired) electrons. The fourth-order valence-corrected chi connectivity index (χ4v) is 2.44. The predicted molar refractivity (Wildman–Crippen MR) is 62.4 cm³/mol. The summed E-state index contributed by atoms with van der Waals surface area (Å²) in [7, 11) is -3.61. The Morgan fingerprint density at radius 3 is 2.69 bits per heavy atom. The first-order valence-electron chi connectivity index (χ1n) is 5.32. The lowest BCUT2D eigenvalue weighted by Gasteiger charge is -2.07. The van der Waals surface area contributed by atoms with E-state index in [1.165, 1.54) is 12.8 Å². The number of primary sulfonamides is 1. The second-order valence-electron chi connectivity index (χ2n) is 4.30. The minimum absolute atomic E-state index is 0.225. The Morgan fingerprint density at radius 2 is 2.12 bits per heavy atom. The molecule has 1 saturated carbocycles. The molecule has 88 valence electrons. The van der Waals surface area contributed by atoms with Crippen molar-refractivity contribution in [3.05, 3.63) is 29.3 Å². The molecule has 0 amide bonds. The van der Waals surface area contributed by atoms with Crippen molar-refractivity contribution in [2.24, 2.45) is 5.14 Å². The van der Waals surface area contributed by atoms with Crippen LogP contribution < -0.4 is 10.5 Å². The van der Waals surface area contributed by atoms with Crippen LogP contribution in [0.25, 0.3) is 0 Å². The van der Waals surface area contributed by atoms with E-state index in [1.54, 1.807) is 19.1 Å². The van der Waals surface area contributed by atoms with Gasteiger partial charge in [-0.3, -0.25) is 0 Å². The predicted octanol–water partition coefficient (Wildman–Crippen LogP) is 0.894. The molecule has 0 aromatic heterocycles. The Hall–Kier alpha value is -0.910. The lowest BCUT2D eigenvalue weighted by Crippen LogP contribution is -2.17. The maximum atomic E-state index is 11.3. The van der Waals surface area contributed by atoms with Crippen LogP contribution in [-0.4, -0.2) is 14.5 Å². The highest BCUT2D eigenvalue weighted by Gasteiger charge is 2.20. The zero-order valence-corrected chi connectivity index (χ0v) is 10.0. The zero-order valence-electron chi connectivity index (χ0n) is 9.23. The third-order valence-electron chi connectivity index (χ3n) is 2.73. The molecule has 0 unspecified atom stereocenters. The van der Waals surface area contributed by atoms with Gasteiger partial charge in [-0.15, -0.1) is 0 Å². The molecular weight excluding hydrogens is 224 g/mol. The molecule has 0 aliphatic heterocycles. The van der Waals surface area contributed by atoms with E-state index in [0.717, 1.165) is 5.56 Å². The first-order chi connectivity index (χ1) is 7.47. The average molecular weight is 240 g/mol. The number of benzene rings is 1. The monoisotopic (exact) mass is 240 g/mol. The van der Waals surface area contributed by atoms with E-state index in [0.29, 0.717) is 18.2 Å². The molecule has 0 spiro atoms. The number of hydrogen-bond acceptors (Lipinski definition) is 3. The van der Waals surface area contributed by atoms with Gasteiger partial charge in [0.1, 0.15) is 0 Å². The summed E-state index contributed by atoms with van der Waals surface area (Å²) >= 11 is 0. The molecule has 2 rings (SSSR count). The number of aryl methyl sites for hydroxylation is 1. The highest BCUT2D eigenvalue weighted by atomic mass is 32.2. The van der Waals surface area contributed by atoms with E-state index in [-0.39, 0.29) is 4.90 Å². The van der Waals surface area contributed by atoms with Crippen molar-refractivity contribution in [2.75, 3.05) is 0 Å². The van der Waals surface area contributed by atoms with Crippen molar-refractivity contribution < 1.29 is 8.42 Å². The first-order valence-corrected chi connectivity index (χ1v) is 6.87. The van der Waals surface area contributed by atoms with Crippen LogP contribution in [0.5, 0.6) is 0 Å². The number of nitrogens with one attached hydrogen (secondary N) is 1. The van der Waals surface area contributed by atoms with Crippen LogP contribution in [0.15, 0.2) is 23.1 Å². The topological polar surface area (TPSA) is 72.2 Å². The van der Waals surface area contributed by atoms with Gasteiger partial charge in [0.15, 0.2) is 0 Å². The van der Waals surface area contributed by atoms with Gasteiger partial charge in [-0.05, 0) is 37.0 Å².